The molecule has 21 heavy (non-hydrogen) atoms. The highest BCUT2D eigenvalue weighted by atomic mass is 32.1. The molecule has 1 amide bonds. The summed E-state index contributed by atoms with van der Waals surface area (Å²) < 4.78 is 5.40. The Labute approximate surface area is 127 Å². The Morgan fingerprint density at radius 3 is 2.95 bits per heavy atom. The summed E-state index contributed by atoms with van der Waals surface area (Å²) in [5.74, 6) is 0.665. The fourth-order valence-electron chi connectivity index (χ4n) is 1.74. The van der Waals surface area contributed by atoms with Gasteiger partial charge in [0.2, 0.25) is 0 Å². The highest BCUT2D eigenvalue weighted by molar-refractivity contribution is 7.18. The topological polar surface area (TPSA) is 89.3 Å². The lowest BCUT2D eigenvalue weighted by Gasteiger charge is -2.07. The monoisotopic (exact) mass is 306 g/mol. The largest absolute Gasteiger partial charge is 0.494 e. The molecule has 0 atom stereocenters. The van der Waals surface area contributed by atoms with Crippen LogP contribution >= 0.6 is 11.3 Å². The first kappa shape index (κ1) is 15.1. The Bertz CT molecular complexity index is 627. The SMILES string of the molecule is CCNc1nc(N)c(C(=O)Nc2cccc(OCC)c2)s1. The number of benzene rings is 1. The first-order chi connectivity index (χ1) is 10.1. The fourth-order valence-corrected chi connectivity index (χ4v) is 2.59. The highest BCUT2D eigenvalue weighted by Crippen LogP contribution is 2.26. The molecule has 0 aliphatic heterocycles. The number of carbonyl (C=O) groups excluding carboxylic acids is 1. The quantitative estimate of drug-likeness (QED) is 0.763. The van der Waals surface area contributed by atoms with Crippen LogP contribution < -0.4 is 21.1 Å². The molecule has 0 fully saturated rings. The van der Waals surface area contributed by atoms with E-state index in [0.717, 1.165) is 6.54 Å². The van der Waals surface area contributed by atoms with Crippen LogP contribution in [-0.2, 0) is 0 Å². The average Bonchev–Trinajstić information content (AvgIpc) is 2.81. The Balaban J connectivity index is 2.12. The summed E-state index contributed by atoms with van der Waals surface area (Å²) in [4.78, 5) is 16.7. The van der Waals surface area contributed by atoms with Crippen molar-refractivity contribution in [1.29, 1.82) is 0 Å². The number of anilines is 3. The molecule has 0 spiro atoms. The zero-order chi connectivity index (χ0) is 15.2. The molecule has 0 saturated heterocycles. The van der Waals surface area contributed by atoms with Gasteiger partial charge in [0.15, 0.2) is 5.13 Å². The number of nitrogens with one attached hydrogen (secondary N) is 2. The fraction of sp³-hybridized carbons (Fsp3) is 0.286. The van der Waals surface area contributed by atoms with Crippen LogP contribution in [0.25, 0.3) is 0 Å². The molecule has 0 aliphatic carbocycles. The zero-order valence-corrected chi connectivity index (χ0v) is 12.8. The number of aromatic nitrogens is 1. The van der Waals surface area contributed by atoms with Crippen molar-refractivity contribution in [3.05, 3.63) is 29.1 Å². The van der Waals surface area contributed by atoms with Crippen LogP contribution in [0.1, 0.15) is 23.5 Å². The van der Waals surface area contributed by atoms with E-state index in [9.17, 15) is 4.79 Å². The van der Waals surface area contributed by atoms with Crippen LogP contribution in [-0.4, -0.2) is 24.0 Å². The van der Waals surface area contributed by atoms with E-state index in [0.29, 0.717) is 28.1 Å². The second kappa shape index (κ2) is 6.94. The van der Waals surface area contributed by atoms with E-state index in [2.05, 4.69) is 15.6 Å². The van der Waals surface area contributed by atoms with Gasteiger partial charge in [0.1, 0.15) is 16.4 Å². The van der Waals surface area contributed by atoms with Crippen LogP contribution in [0, 0.1) is 0 Å². The number of hydrogen-bond acceptors (Lipinski definition) is 6. The van der Waals surface area contributed by atoms with Gasteiger partial charge in [-0.05, 0) is 26.0 Å². The summed E-state index contributed by atoms with van der Waals surface area (Å²) in [6, 6.07) is 7.22. The van der Waals surface area contributed by atoms with Gasteiger partial charge < -0.3 is 21.1 Å². The average molecular weight is 306 g/mol. The molecule has 6 nitrogen and oxygen atoms in total. The lowest BCUT2D eigenvalue weighted by atomic mass is 10.3. The molecule has 1 aromatic heterocycles. The molecule has 0 unspecified atom stereocenters. The lowest BCUT2D eigenvalue weighted by Crippen LogP contribution is -2.12. The molecule has 112 valence electrons. The number of carbonyl (C=O) groups is 1. The van der Waals surface area contributed by atoms with Crippen LogP contribution in [0.4, 0.5) is 16.6 Å². The van der Waals surface area contributed by atoms with Gasteiger partial charge in [-0.3, -0.25) is 4.79 Å². The Morgan fingerprint density at radius 2 is 2.24 bits per heavy atom. The van der Waals surface area contributed by atoms with Gasteiger partial charge in [-0.15, -0.1) is 0 Å². The van der Waals surface area contributed by atoms with Crippen molar-refractivity contribution < 1.29 is 9.53 Å². The third-order valence-electron chi connectivity index (χ3n) is 2.59. The third-order valence-corrected chi connectivity index (χ3v) is 3.62. The van der Waals surface area contributed by atoms with Crippen molar-refractivity contribution in [1.82, 2.24) is 4.98 Å². The number of thiazole rings is 1. The number of ether oxygens (including phenoxy) is 1. The third kappa shape index (κ3) is 3.85. The van der Waals surface area contributed by atoms with Gasteiger partial charge in [0.05, 0.1) is 6.61 Å². The molecule has 0 saturated carbocycles. The molecule has 0 bridgehead atoms. The van der Waals surface area contributed by atoms with E-state index in [-0.39, 0.29) is 11.7 Å². The number of amides is 1. The highest BCUT2D eigenvalue weighted by Gasteiger charge is 2.16. The Hall–Kier alpha value is -2.28. The minimum absolute atomic E-state index is 0.231. The molecule has 4 N–H and O–H groups in total. The first-order valence-corrected chi connectivity index (χ1v) is 7.50. The molecule has 2 aromatic rings. The predicted molar refractivity (Wildman–Crippen MR) is 86.3 cm³/mol. The second-order valence-electron chi connectivity index (χ2n) is 4.18. The smallest absolute Gasteiger partial charge is 0.269 e. The Kier molecular flexibility index (Phi) is 4.99. The van der Waals surface area contributed by atoms with Crippen LogP contribution in [0.3, 0.4) is 0 Å². The van der Waals surface area contributed by atoms with Crippen molar-refractivity contribution in [3.63, 3.8) is 0 Å². The predicted octanol–water partition coefficient (Wildman–Crippen LogP) is 2.81. The maximum absolute atomic E-state index is 12.2. The molecule has 2 rings (SSSR count). The summed E-state index contributed by atoms with van der Waals surface area (Å²) in [5, 5.41) is 6.48. The van der Waals surface area contributed by atoms with Gasteiger partial charge in [-0.1, -0.05) is 17.4 Å². The van der Waals surface area contributed by atoms with Crippen molar-refractivity contribution >= 4 is 33.9 Å². The first-order valence-electron chi connectivity index (χ1n) is 6.68. The Morgan fingerprint density at radius 1 is 1.43 bits per heavy atom. The van der Waals surface area contributed by atoms with Crippen molar-refractivity contribution in [2.45, 2.75) is 13.8 Å². The zero-order valence-electron chi connectivity index (χ0n) is 12.0. The van der Waals surface area contributed by atoms with Crippen molar-refractivity contribution in [2.75, 3.05) is 29.5 Å². The van der Waals surface area contributed by atoms with Crippen molar-refractivity contribution in [2.24, 2.45) is 0 Å². The molecule has 1 heterocycles. The van der Waals surface area contributed by atoms with Crippen LogP contribution in [0.2, 0.25) is 0 Å². The van der Waals surface area contributed by atoms with Gasteiger partial charge >= 0.3 is 0 Å². The van der Waals surface area contributed by atoms with E-state index in [4.69, 9.17) is 10.5 Å². The summed E-state index contributed by atoms with van der Waals surface area (Å²) in [7, 11) is 0. The number of nitrogens with two attached hydrogens (primary N) is 1. The van der Waals surface area contributed by atoms with Gasteiger partial charge in [-0.25, -0.2) is 4.98 Å². The summed E-state index contributed by atoms with van der Waals surface area (Å²) in [6.07, 6.45) is 0. The normalized spacial score (nSPS) is 10.2. The molecular weight excluding hydrogens is 288 g/mol. The standard InChI is InChI=1S/C14H18N4O2S/c1-3-16-14-18-12(15)11(21-14)13(19)17-9-6-5-7-10(8-9)20-4-2/h5-8H,3-4,15H2,1-2H3,(H,16,18)(H,17,19). The van der Waals surface area contributed by atoms with Crippen molar-refractivity contribution in [3.8, 4) is 5.75 Å². The molecule has 0 radical (unpaired) electrons. The number of hydrogen-bond donors (Lipinski definition) is 3. The van der Waals surface area contributed by atoms with Gasteiger partial charge in [0, 0.05) is 18.3 Å². The summed E-state index contributed by atoms with van der Waals surface area (Å²) in [5.41, 5.74) is 6.43. The number of rotatable bonds is 6. The number of nitrogens with zero attached hydrogens (tertiary/aromatic N) is 1. The maximum Gasteiger partial charge on any atom is 0.269 e. The molecule has 1 aromatic carbocycles. The molecular formula is C14H18N4O2S. The van der Waals surface area contributed by atoms with E-state index in [1.807, 2.05) is 26.0 Å². The number of nitrogen functional groups attached to an aromatic ring is 1. The van der Waals surface area contributed by atoms with Crippen LogP contribution in [0.5, 0.6) is 5.75 Å². The molecule has 0 aliphatic rings. The minimum Gasteiger partial charge on any atom is -0.494 e. The summed E-state index contributed by atoms with van der Waals surface area (Å²) >= 11 is 1.24. The lowest BCUT2D eigenvalue weighted by molar-refractivity contribution is 0.103. The van der Waals surface area contributed by atoms with Gasteiger partial charge in [-0.2, -0.15) is 0 Å². The molecule has 7 heteroatoms. The van der Waals surface area contributed by atoms with Crippen LogP contribution in [0.15, 0.2) is 24.3 Å². The second-order valence-corrected chi connectivity index (χ2v) is 5.18. The summed E-state index contributed by atoms with van der Waals surface area (Å²) in [6.45, 7) is 5.16. The van der Waals surface area contributed by atoms with E-state index in [1.54, 1.807) is 12.1 Å². The van der Waals surface area contributed by atoms with Gasteiger partial charge in [0.25, 0.3) is 5.91 Å². The maximum atomic E-state index is 12.2. The minimum atomic E-state index is -0.275. The van der Waals surface area contributed by atoms with E-state index >= 15 is 0 Å². The van der Waals surface area contributed by atoms with E-state index < -0.39 is 0 Å². The van der Waals surface area contributed by atoms with E-state index in [1.165, 1.54) is 11.3 Å².